The van der Waals surface area contributed by atoms with E-state index in [-0.39, 0.29) is 43.0 Å². The van der Waals surface area contributed by atoms with E-state index < -0.39 is 23.6 Å². The van der Waals surface area contributed by atoms with Gasteiger partial charge in [0.1, 0.15) is 19.3 Å². The molecule has 12 nitrogen and oxygen atoms in total. The van der Waals surface area contributed by atoms with Crippen LogP contribution in [0.25, 0.3) is 11.2 Å². The summed E-state index contributed by atoms with van der Waals surface area (Å²) in [6.07, 6.45) is 0.736. The molecule has 0 aliphatic heterocycles. The standard InChI is InChI=1S/C15H19N5O7/c1-8(21)17-15-18-13-12(14(24)19-15)20(6-16-13)7-27-11(4-25-9(2)22)5-26-10(3)23/h6,11H,4-5,7H2,1-3H3,(H2,17,18,19,21,24)/p+1. The van der Waals surface area contributed by atoms with Crippen LogP contribution in [-0.4, -0.2) is 52.1 Å². The first-order chi connectivity index (χ1) is 12.8. The molecular formula is C15H20N5O7+. The molecule has 12 heteroatoms. The van der Waals surface area contributed by atoms with Crippen molar-refractivity contribution < 1.29 is 33.2 Å². The fourth-order valence-corrected chi connectivity index (χ4v) is 2.12. The van der Waals surface area contributed by atoms with E-state index in [1.807, 2.05) is 0 Å². The lowest BCUT2D eigenvalue weighted by Crippen LogP contribution is -2.41. The number of hydrogen-bond donors (Lipinski definition) is 3. The molecule has 2 rings (SSSR count). The van der Waals surface area contributed by atoms with Crippen LogP contribution in [0.15, 0.2) is 11.1 Å². The van der Waals surface area contributed by atoms with E-state index in [0.29, 0.717) is 0 Å². The first-order valence-electron chi connectivity index (χ1n) is 7.93. The highest BCUT2D eigenvalue weighted by molar-refractivity contribution is 5.87. The maximum Gasteiger partial charge on any atom is 0.304 e. The van der Waals surface area contributed by atoms with Crippen molar-refractivity contribution in [3.63, 3.8) is 0 Å². The molecule has 0 bridgehead atoms. The topological polar surface area (TPSA) is 156 Å². The second kappa shape index (κ2) is 8.89. The molecule has 1 amide bonds. The molecule has 0 fully saturated rings. The Bertz CT molecular complexity index is 886. The summed E-state index contributed by atoms with van der Waals surface area (Å²) >= 11 is 0. The molecular weight excluding hydrogens is 362 g/mol. The smallest absolute Gasteiger partial charge is 0.304 e. The molecule has 27 heavy (non-hydrogen) atoms. The van der Waals surface area contributed by atoms with Crippen molar-refractivity contribution in [2.45, 2.75) is 33.6 Å². The normalized spacial score (nSPS) is 10.8. The molecule has 0 aromatic carbocycles. The van der Waals surface area contributed by atoms with E-state index in [1.54, 1.807) is 0 Å². The molecule has 0 atom stereocenters. The number of aromatic nitrogens is 4. The van der Waals surface area contributed by atoms with Crippen molar-refractivity contribution in [1.29, 1.82) is 0 Å². The van der Waals surface area contributed by atoms with E-state index in [2.05, 4.69) is 20.3 Å². The average molecular weight is 382 g/mol. The van der Waals surface area contributed by atoms with Gasteiger partial charge in [0.05, 0.1) is 0 Å². The van der Waals surface area contributed by atoms with Crippen molar-refractivity contribution in [1.82, 2.24) is 15.0 Å². The molecule has 0 spiro atoms. The van der Waals surface area contributed by atoms with E-state index in [4.69, 9.17) is 14.2 Å². The van der Waals surface area contributed by atoms with Crippen LogP contribution in [-0.2, 0) is 35.3 Å². The Morgan fingerprint density at radius 2 is 1.81 bits per heavy atom. The predicted octanol–water partition coefficient (Wildman–Crippen LogP) is -1.03. The Labute approximate surface area is 152 Å². The van der Waals surface area contributed by atoms with Crippen molar-refractivity contribution in [2.24, 2.45) is 0 Å². The first kappa shape index (κ1) is 20.0. The number of carbonyl (C=O) groups excluding carboxylic acids is 3. The number of amides is 1. The predicted molar refractivity (Wildman–Crippen MR) is 89.4 cm³/mol. The number of fused-ring (bicyclic) bond motifs is 1. The van der Waals surface area contributed by atoms with Crippen molar-refractivity contribution >= 4 is 35.0 Å². The van der Waals surface area contributed by atoms with Gasteiger partial charge < -0.3 is 14.2 Å². The molecule has 2 aromatic heterocycles. The molecule has 0 unspecified atom stereocenters. The zero-order valence-electron chi connectivity index (χ0n) is 15.0. The average Bonchev–Trinajstić information content (AvgIpc) is 2.96. The van der Waals surface area contributed by atoms with Crippen LogP contribution in [0.3, 0.4) is 0 Å². The lowest BCUT2D eigenvalue weighted by molar-refractivity contribution is -0.712. The lowest BCUT2D eigenvalue weighted by Gasteiger charge is -2.16. The van der Waals surface area contributed by atoms with Crippen LogP contribution in [0.4, 0.5) is 5.95 Å². The lowest BCUT2D eigenvalue weighted by atomic mass is 10.4. The third-order valence-electron chi connectivity index (χ3n) is 3.23. The van der Waals surface area contributed by atoms with Gasteiger partial charge in [-0.1, -0.05) is 0 Å². The summed E-state index contributed by atoms with van der Waals surface area (Å²) in [5, 5.41) is 2.39. The number of H-pyrrole nitrogens is 2. The zero-order chi connectivity index (χ0) is 20.0. The van der Waals surface area contributed by atoms with Crippen molar-refractivity contribution in [2.75, 3.05) is 18.5 Å². The third kappa shape index (κ3) is 5.88. The second-order valence-corrected chi connectivity index (χ2v) is 5.56. The molecule has 0 saturated carbocycles. The maximum atomic E-state index is 12.3. The number of nitrogens with one attached hydrogen (secondary N) is 3. The van der Waals surface area contributed by atoms with Gasteiger partial charge in [0.2, 0.25) is 18.2 Å². The van der Waals surface area contributed by atoms with Crippen LogP contribution in [0.5, 0.6) is 0 Å². The Balaban J connectivity index is 2.13. The number of hydrogen-bond acceptors (Lipinski definition) is 8. The SMILES string of the molecule is CC(=O)Nc1nc2[nH]c[n+](COC(COC(C)=O)COC(C)=O)c2c(=O)[nH]1. The summed E-state index contributed by atoms with van der Waals surface area (Å²) < 4.78 is 16.8. The van der Waals surface area contributed by atoms with E-state index in [1.165, 1.54) is 31.7 Å². The summed E-state index contributed by atoms with van der Waals surface area (Å²) in [6, 6.07) is 0. The number of carbonyl (C=O) groups is 3. The van der Waals surface area contributed by atoms with Crippen molar-refractivity contribution in [3.05, 3.63) is 16.7 Å². The Hall–Kier alpha value is -3.28. The number of imidazole rings is 1. The maximum absolute atomic E-state index is 12.3. The fourth-order valence-electron chi connectivity index (χ4n) is 2.12. The summed E-state index contributed by atoms with van der Waals surface area (Å²) in [5.41, 5.74) is -0.0735. The van der Waals surface area contributed by atoms with Crippen LogP contribution < -0.4 is 15.4 Å². The number of rotatable bonds is 8. The van der Waals surface area contributed by atoms with Gasteiger partial charge in [-0.2, -0.15) is 9.55 Å². The van der Waals surface area contributed by atoms with Crippen LogP contribution in [0.1, 0.15) is 20.8 Å². The second-order valence-electron chi connectivity index (χ2n) is 5.56. The zero-order valence-corrected chi connectivity index (χ0v) is 15.0. The van der Waals surface area contributed by atoms with Gasteiger partial charge in [-0.15, -0.1) is 0 Å². The van der Waals surface area contributed by atoms with Gasteiger partial charge in [0, 0.05) is 20.8 Å². The molecule has 0 aliphatic rings. The van der Waals surface area contributed by atoms with Gasteiger partial charge in [0.15, 0.2) is 6.73 Å². The summed E-state index contributed by atoms with van der Waals surface area (Å²) in [4.78, 5) is 54.6. The van der Waals surface area contributed by atoms with Gasteiger partial charge in [0.25, 0.3) is 11.2 Å². The third-order valence-corrected chi connectivity index (χ3v) is 3.23. The highest BCUT2D eigenvalue weighted by Gasteiger charge is 2.20. The summed E-state index contributed by atoms with van der Waals surface area (Å²) in [7, 11) is 0. The van der Waals surface area contributed by atoms with Crippen molar-refractivity contribution in [3.8, 4) is 0 Å². The number of nitrogens with zero attached hydrogens (tertiary/aromatic N) is 2. The number of esters is 2. The number of ether oxygens (including phenoxy) is 3. The number of anilines is 1. The number of aromatic amines is 2. The van der Waals surface area contributed by atoms with Crippen LogP contribution >= 0.6 is 0 Å². The largest absolute Gasteiger partial charge is 0.463 e. The van der Waals surface area contributed by atoms with Gasteiger partial charge >= 0.3 is 17.5 Å². The highest BCUT2D eigenvalue weighted by Crippen LogP contribution is 2.03. The first-order valence-corrected chi connectivity index (χ1v) is 7.93. The molecule has 146 valence electrons. The van der Waals surface area contributed by atoms with E-state index in [0.717, 1.165) is 0 Å². The molecule has 3 N–H and O–H groups in total. The van der Waals surface area contributed by atoms with Gasteiger partial charge in [-0.25, -0.2) is 4.98 Å². The molecule has 0 aliphatic carbocycles. The monoisotopic (exact) mass is 382 g/mol. The molecule has 0 saturated heterocycles. The quantitative estimate of drug-likeness (QED) is 0.386. The van der Waals surface area contributed by atoms with E-state index in [9.17, 15) is 19.2 Å². The minimum Gasteiger partial charge on any atom is -0.463 e. The molecule has 0 radical (unpaired) electrons. The van der Waals surface area contributed by atoms with Gasteiger partial charge in [-0.05, 0) is 0 Å². The fraction of sp³-hybridized carbons (Fsp3) is 0.467. The van der Waals surface area contributed by atoms with Crippen LogP contribution in [0, 0.1) is 0 Å². The van der Waals surface area contributed by atoms with Gasteiger partial charge in [-0.3, -0.25) is 29.5 Å². The Morgan fingerprint density at radius 1 is 1.19 bits per heavy atom. The highest BCUT2D eigenvalue weighted by atomic mass is 16.6. The minimum atomic E-state index is -0.721. The minimum absolute atomic E-state index is 0.0116. The van der Waals surface area contributed by atoms with Crippen LogP contribution in [0.2, 0.25) is 0 Å². The summed E-state index contributed by atoms with van der Waals surface area (Å²) in [5.74, 6) is -1.37. The Morgan fingerprint density at radius 3 is 2.37 bits per heavy atom. The molecule has 2 aromatic rings. The summed E-state index contributed by atoms with van der Waals surface area (Å²) in [6.45, 7) is 3.45. The molecule has 2 heterocycles. The Kier molecular flexibility index (Phi) is 6.60. The van der Waals surface area contributed by atoms with E-state index >= 15 is 0 Å².